The van der Waals surface area contributed by atoms with Crippen LogP contribution in [0.5, 0.6) is 0 Å². The van der Waals surface area contributed by atoms with Crippen LogP contribution in [-0.4, -0.2) is 13.0 Å². The van der Waals surface area contributed by atoms with Crippen molar-refractivity contribution in [2.45, 2.75) is 6.92 Å². The molecule has 0 atom stereocenters. The monoisotopic (exact) mass is 308 g/mol. The number of hydrogen-bond donors (Lipinski definition) is 2. The third-order valence-electron chi connectivity index (χ3n) is 2.96. The molecular formula is C15H14Cl2N2O. The molecule has 2 rings (SSSR count). The predicted octanol–water partition coefficient (Wildman–Crippen LogP) is 4.60. The Labute approximate surface area is 127 Å². The van der Waals surface area contributed by atoms with Crippen molar-refractivity contribution in [3.8, 4) is 0 Å². The van der Waals surface area contributed by atoms with Crippen molar-refractivity contribution in [1.82, 2.24) is 0 Å². The maximum atomic E-state index is 12.2. The maximum absolute atomic E-state index is 12.2. The molecule has 5 heteroatoms. The van der Waals surface area contributed by atoms with Gasteiger partial charge in [-0.1, -0.05) is 29.3 Å². The minimum atomic E-state index is -0.248. The van der Waals surface area contributed by atoms with E-state index in [1.807, 2.05) is 32.2 Å². The lowest BCUT2D eigenvalue weighted by molar-refractivity contribution is 0.102. The van der Waals surface area contributed by atoms with Crippen LogP contribution in [0.1, 0.15) is 15.9 Å². The van der Waals surface area contributed by atoms with Gasteiger partial charge in [-0.15, -0.1) is 0 Å². The fraction of sp³-hybridized carbons (Fsp3) is 0.133. The largest absolute Gasteiger partial charge is 0.388 e. The zero-order valence-corrected chi connectivity index (χ0v) is 12.6. The van der Waals surface area contributed by atoms with Crippen LogP contribution in [0.3, 0.4) is 0 Å². The van der Waals surface area contributed by atoms with Gasteiger partial charge in [-0.2, -0.15) is 0 Å². The molecule has 0 aromatic heterocycles. The third-order valence-corrected chi connectivity index (χ3v) is 3.76. The van der Waals surface area contributed by atoms with Gasteiger partial charge < -0.3 is 10.6 Å². The highest BCUT2D eigenvalue weighted by atomic mass is 35.5. The summed E-state index contributed by atoms with van der Waals surface area (Å²) in [6.07, 6.45) is 0. The van der Waals surface area contributed by atoms with E-state index in [0.29, 0.717) is 21.3 Å². The number of halogens is 2. The lowest BCUT2D eigenvalue weighted by atomic mass is 10.1. The molecule has 0 unspecified atom stereocenters. The lowest BCUT2D eigenvalue weighted by Crippen LogP contribution is -2.12. The highest BCUT2D eigenvalue weighted by molar-refractivity contribution is 6.40. The summed E-state index contributed by atoms with van der Waals surface area (Å²) in [7, 11) is 1.82. The molecule has 0 aliphatic heterocycles. The Bertz CT molecular complexity index is 639. The van der Waals surface area contributed by atoms with Crippen LogP contribution >= 0.6 is 23.2 Å². The summed E-state index contributed by atoms with van der Waals surface area (Å²) in [5.41, 5.74) is 2.78. The molecule has 0 spiro atoms. The van der Waals surface area contributed by atoms with Crippen LogP contribution in [0.15, 0.2) is 36.4 Å². The Hall–Kier alpha value is -1.71. The molecule has 2 aromatic carbocycles. The number of amides is 1. The van der Waals surface area contributed by atoms with E-state index in [2.05, 4.69) is 10.6 Å². The highest BCUT2D eigenvalue weighted by Crippen LogP contribution is 2.33. The topological polar surface area (TPSA) is 41.1 Å². The molecule has 0 saturated heterocycles. The van der Waals surface area contributed by atoms with E-state index in [4.69, 9.17) is 23.2 Å². The molecule has 0 bridgehead atoms. The molecule has 0 aliphatic rings. The minimum absolute atomic E-state index is 0.248. The SMILES string of the molecule is CNc1ccc(C(=O)Nc2c(Cl)ccc(C)c2Cl)cc1. The summed E-state index contributed by atoms with van der Waals surface area (Å²) in [6, 6.07) is 10.6. The van der Waals surface area contributed by atoms with Gasteiger partial charge in [0.05, 0.1) is 15.7 Å². The summed E-state index contributed by atoms with van der Waals surface area (Å²) in [4.78, 5) is 12.2. The zero-order valence-electron chi connectivity index (χ0n) is 11.1. The number of benzene rings is 2. The Balaban J connectivity index is 2.25. The lowest BCUT2D eigenvalue weighted by Gasteiger charge is -2.11. The van der Waals surface area contributed by atoms with Gasteiger partial charge >= 0.3 is 0 Å². The van der Waals surface area contributed by atoms with Crippen molar-refractivity contribution in [1.29, 1.82) is 0 Å². The van der Waals surface area contributed by atoms with Crippen LogP contribution in [0.25, 0.3) is 0 Å². The summed E-state index contributed by atoms with van der Waals surface area (Å²) in [6.45, 7) is 1.86. The molecule has 3 nitrogen and oxygen atoms in total. The van der Waals surface area contributed by atoms with Gasteiger partial charge in [0.2, 0.25) is 0 Å². The van der Waals surface area contributed by atoms with Crippen LogP contribution in [-0.2, 0) is 0 Å². The number of carbonyl (C=O) groups excluding carboxylic acids is 1. The van der Waals surface area contributed by atoms with Crippen LogP contribution in [0.4, 0.5) is 11.4 Å². The van der Waals surface area contributed by atoms with E-state index < -0.39 is 0 Å². The Kier molecular flexibility index (Phi) is 4.53. The van der Waals surface area contributed by atoms with Crippen molar-refractivity contribution < 1.29 is 4.79 Å². The van der Waals surface area contributed by atoms with Crippen molar-refractivity contribution in [3.63, 3.8) is 0 Å². The predicted molar refractivity (Wildman–Crippen MR) is 85.1 cm³/mol. The summed E-state index contributed by atoms with van der Waals surface area (Å²) in [5.74, 6) is -0.248. The van der Waals surface area contributed by atoms with E-state index >= 15 is 0 Å². The molecule has 0 heterocycles. The molecule has 1 amide bonds. The summed E-state index contributed by atoms with van der Waals surface area (Å²) >= 11 is 12.2. The highest BCUT2D eigenvalue weighted by Gasteiger charge is 2.13. The van der Waals surface area contributed by atoms with Gasteiger partial charge in [-0.25, -0.2) is 0 Å². The second-order valence-electron chi connectivity index (χ2n) is 4.33. The van der Waals surface area contributed by atoms with Crippen LogP contribution in [0, 0.1) is 6.92 Å². The minimum Gasteiger partial charge on any atom is -0.388 e. The number of nitrogens with one attached hydrogen (secondary N) is 2. The molecule has 0 fully saturated rings. The molecular weight excluding hydrogens is 295 g/mol. The first-order chi connectivity index (χ1) is 9.52. The number of carbonyl (C=O) groups is 1. The van der Waals surface area contributed by atoms with Crippen molar-refractivity contribution in [2.75, 3.05) is 17.7 Å². The van der Waals surface area contributed by atoms with Crippen molar-refractivity contribution in [3.05, 3.63) is 57.6 Å². The molecule has 0 saturated carbocycles. The van der Waals surface area contributed by atoms with E-state index in [9.17, 15) is 4.79 Å². The Morgan fingerprint density at radius 3 is 2.30 bits per heavy atom. The maximum Gasteiger partial charge on any atom is 0.255 e. The van der Waals surface area contributed by atoms with Gasteiger partial charge in [0, 0.05) is 18.3 Å². The number of hydrogen-bond acceptors (Lipinski definition) is 2. The van der Waals surface area contributed by atoms with E-state index in [1.165, 1.54) is 0 Å². The normalized spacial score (nSPS) is 10.2. The van der Waals surface area contributed by atoms with Gasteiger partial charge in [0.1, 0.15) is 0 Å². The second kappa shape index (κ2) is 6.16. The molecule has 0 radical (unpaired) electrons. The fourth-order valence-electron chi connectivity index (χ4n) is 1.75. The first-order valence-corrected chi connectivity index (χ1v) is 6.82. The first kappa shape index (κ1) is 14.7. The first-order valence-electron chi connectivity index (χ1n) is 6.06. The quantitative estimate of drug-likeness (QED) is 0.870. The van der Waals surface area contributed by atoms with Crippen LogP contribution < -0.4 is 10.6 Å². The molecule has 2 N–H and O–H groups in total. The standard InChI is InChI=1S/C15H14Cl2N2O/c1-9-3-8-12(16)14(13(9)17)19-15(20)10-4-6-11(18-2)7-5-10/h3-8,18H,1-2H3,(H,19,20). The van der Waals surface area contributed by atoms with E-state index in [0.717, 1.165) is 11.3 Å². The van der Waals surface area contributed by atoms with Crippen molar-refractivity contribution in [2.24, 2.45) is 0 Å². The molecule has 2 aromatic rings. The van der Waals surface area contributed by atoms with E-state index in [1.54, 1.807) is 18.2 Å². The van der Waals surface area contributed by atoms with Gasteiger partial charge in [-0.05, 0) is 42.8 Å². The van der Waals surface area contributed by atoms with Gasteiger partial charge in [0.25, 0.3) is 5.91 Å². The number of anilines is 2. The summed E-state index contributed by atoms with van der Waals surface area (Å²) in [5, 5.41) is 6.62. The average Bonchev–Trinajstić information content (AvgIpc) is 2.47. The Morgan fingerprint density at radius 2 is 1.70 bits per heavy atom. The molecule has 20 heavy (non-hydrogen) atoms. The van der Waals surface area contributed by atoms with Crippen molar-refractivity contribution >= 4 is 40.5 Å². The Morgan fingerprint density at radius 1 is 1.05 bits per heavy atom. The van der Waals surface area contributed by atoms with Crippen LogP contribution in [0.2, 0.25) is 10.0 Å². The van der Waals surface area contributed by atoms with Gasteiger partial charge in [-0.3, -0.25) is 4.79 Å². The fourth-order valence-corrected chi connectivity index (χ4v) is 2.21. The van der Waals surface area contributed by atoms with E-state index in [-0.39, 0.29) is 5.91 Å². The van der Waals surface area contributed by atoms with Gasteiger partial charge in [0.15, 0.2) is 0 Å². The molecule has 104 valence electrons. The second-order valence-corrected chi connectivity index (χ2v) is 5.12. The average molecular weight is 309 g/mol. The molecule has 0 aliphatic carbocycles. The zero-order chi connectivity index (χ0) is 14.7. The summed E-state index contributed by atoms with van der Waals surface area (Å²) < 4.78 is 0. The number of rotatable bonds is 3. The smallest absolute Gasteiger partial charge is 0.255 e. The third kappa shape index (κ3) is 3.06. The number of aryl methyl sites for hydroxylation is 1.